The van der Waals surface area contributed by atoms with Gasteiger partial charge in [-0.3, -0.25) is 0 Å². The van der Waals surface area contributed by atoms with Gasteiger partial charge in [-0.1, -0.05) is 19.9 Å². The van der Waals surface area contributed by atoms with Crippen LogP contribution >= 0.6 is 0 Å². The summed E-state index contributed by atoms with van der Waals surface area (Å²) in [5.74, 6) is -0.354. The van der Waals surface area contributed by atoms with Gasteiger partial charge in [0.1, 0.15) is 5.82 Å². The van der Waals surface area contributed by atoms with E-state index in [9.17, 15) is 9.18 Å². The van der Waals surface area contributed by atoms with Crippen LogP contribution in [0.15, 0.2) is 24.3 Å². The molecular formula is C18H28FN3O2. The summed E-state index contributed by atoms with van der Waals surface area (Å²) in [6.07, 6.45) is 1.91. The standard InChI is InChI=1S/C18H28FN3O2/c1-3-21(4-2)12-13-24-17-8-10-22(11-9-17)18(23)20-16-7-5-6-15(19)14-16/h5-7,14,17H,3-4,8-13H2,1-2H3,(H,20,23). The van der Waals surface area contributed by atoms with E-state index in [0.29, 0.717) is 18.8 Å². The van der Waals surface area contributed by atoms with Gasteiger partial charge in [-0.2, -0.15) is 0 Å². The van der Waals surface area contributed by atoms with E-state index in [-0.39, 0.29) is 18.0 Å². The molecule has 1 fully saturated rings. The molecule has 0 saturated carbocycles. The maximum absolute atomic E-state index is 13.2. The number of nitrogens with one attached hydrogen (secondary N) is 1. The van der Waals surface area contributed by atoms with Crippen LogP contribution in [-0.2, 0) is 4.74 Å². The number of nitrogens with zero attached hydrogens (tertiary/aromatic N) is 2. The fraction of sp³-hybridized carbons (Fsp3) is 0.611. The summed E-state index contributed by atoms with van der Waals surface area (Å²) in [4.78, 5) is 16.3. The minimum Gasteiger partial charge on any atom is -0.377 e. The number of anilines is 1. The van der Waals surface area contributed by atoms with E-state index in [4.69, 9.17) is 4.74 Å². The van der Waals surface area contributed by atoms with Crippen molar-refractivity contribution >= 4 is 11.7 Å². The highest BCUT2D eigenvalue weighted by Crippen LogP contribution is 2.16. The molecule has 0 aliphatic carbocycles. The van der Waals surface area contributed by atoms with Crippen LogP contribution in [0.5, 0.6) is 0 Å². The SMILES string of the molecule is CCN(CC)CCOC1CCN(C(=O)Nc2cccc(F)c2)CC1. The van der Waals surface area contributed by atoms with Gasteiger partial charge >= 0.3 is 6.03 Å². The molecule has 1 saturated heterocycles. The van der Waals surface area contributed by atoms with Crippen LogP contribution in [0.3, 0.4) is 0 Å². The third kappa shape index (κ3) is 5.76. The molecule has 1 aliphatic heterocycles. The molecule has 6 heteroatoms. The van der Waals surface area contributed by atoms with Crippen molar-refractivity contribution in [1.82, 2.24) is 9.80 Å². The van der Waals surface area contributed by atoms with E-state index in [2.05, 4.69) is 24.1 Å². The Morgan fingerprint density at radius 2 is 2.04 bits per heavy atom. The van der Waals surface area contributed by atoms with E-state index < -0.39 is 0 Å². The number of halogens is 1. The number of ether oxygens (including phenoxy) is 1. The molecule has 1 N–H and O–H groups in total. The molecular weight excluding hydrogens is 309 g/mol. The van der Waals surface area contributed by atoms with Crippen LogP contribution in [0, 0.1) is 5.82 Å². The lowest BCUT2D eigenvalue weighted by Gasteiger charge is -2.32. The Hall–Kier alpha value is -1.66. The van der Waals surface area contributed by atoms with Crippen molar-refractivity contribution in [3.8, 4) is 0 Å². The number of amides is 2. The van der Waals surface area contributed by atoms with Crippen molar-refractivity contribution in [3.05, 3.63) is 30.1 Å². The van der Waals surface area contributed by atoms with Crippen LogP contribution < -0.4 is 5.32 Å². The molecule has 0 atom stereocenters. The van der Waals surface area contributed by atoms with Gasteiger partial charge in [-0.25, -0.2) is 9.18 Å². The lowest BCUT2D eigenvalue weighted by Crippen LogP contribution is -2.43. The predicted octanol–water partition coefficient (Wildman–Crippen LogP) is 3.18. The molecule has 5 nitrogen and oxygen atoms in total. The molecule has 1 aromatic carbocycles. The normalized spacial score (nSPS) is 15.8. The number of likely N-dealkylation sites (tertiary alicyclic amines) is 1. The Morgan fingerprint density at radius 3 is 2.67 bits per heavy atom. The minimum absolute atomic E-state index is 0.179. The topological polar surface area (TPSA) is 44.8 Å². The highest BCUT2D eigenvalue weighted by molar-refractivity contribution is 5.89. The summed E-state index contributed by atoms with van der Waals surface area (Å²) in [5, 5.41) is 2.74. The van der Waals surface area contributed by atoms with E-state index in [1.165, 1.54) is 12.1 Å². The Bertz CT molecular complexity index is 515. The predicted molar refractivity (Wildman–Crippen MR) is 93.8 cm³/mol. The van der Waals surface area contributed by atoms with Gasteiger partial charge in [-0.15, -0.1) is 0 Å². The second-order valence-corrected chi connectivity index (χ2v) is 6.02. The quantitative estimate of drug-likeness (QED) is 0.831. The van der Waals surface area contributed by atoms with Crippen molar-refractivity contribution in [3.63, 3.8) is 0 Å². The summed E-state index contributed by atoms with van der Waals surface area (Å²) in [6.45, 7) is 9.40. The molecule has 1 aromatic rings. The lowest BCUT2D eigenvalue weighted by molar-refractivity contribution is 0.00663. The van der Waals surface area contributed by atoms with Crippen LogP contribution in [0.2, 0.25) is 0 Å². The Labute approximate surface area is 143 Å². The van der Waals surface area contributed by atoms with E-state index in [1.807, 2.05) is 0 Å². The highest BCUT2D eigenvalue weighted by Gasteiger charge is 2.23. The molecule has 24 heavy (non-hydrogen) atoms. The van der Waals surface area contributed by atoms with Gasteiger partial charge < -0.3 is 19.9 Å². The maximum atomic E-state index is 13.2. The number of benzene rings is 1. The summed E-state index contributed by atoms with van der Waals surface area (Å²) in [6, 6.07) is 5.77. The highest BCUT2D eigenvalue weighted by atomic mass is 19.1. The first-order valence-corrected chi connectivity index (χ1v) is 8.77. The molecule has 1 heterocycles. The van der Waals surface area contributed by atoms with Crippen LogP contribution in [0.25, 0.3) is 0 Å². The fourth-order valence-electron chi connectivity index (χ4n) is 2.88. The number of piperidine rings is 1. The third-order valence-electron chi connectivity index (χ3n) is 4.46. The lowest BCUT2D eigenvalue weighted by atomic mass is 10.1. The van der Waals surface area contributed by atoms with Crippen LogP contribution in [0.1, 0.15) is 26.7 Å². The number of rotatable bonds is 7. The first-order chi connectivity index (χ1) is 11.6. The molecule has 0 radical (unpaired) electrons. The zero-order valence-electron chi connectivity index (χ0n) is 14.6. The van der Waals surface area contributed by atoms with E-state index >= 15 is 0 Å². The first-order valence-electron chi connectivity index (χ1n) is 8.77. The van der Waals surface area contributed by atoms with Gasteiger partial charge in [0.25, 0.3) is 0 Å². The van der Waals surface area contributed by atoms with Gasteiger partial charge in [0, 0.05) is 25.3 Å². The number of carbonyl (C=O) groups excluding carboxylic acids is 1. The van der Waals surface area contributed by atoms with Crippen molar-refractivity contribution in [1.29, 1.82) is 0 Å². The van der Waals surface area contributed by atoms with Crippen molar-refractivity contribution < 1.29 is 13.9 Å². The van der Waals surface area contributed by atoms with Gasteiger partial charge in [0.15, 0.2) is 0 Å². The molecule has 1 aliphatic rings. The molecule has 2 amide bonds. The number of hydrogen-bond donors (Lipinski definition) is 1. The average Bonchev–Trinajstić information content (AvgIpc) is 2.59. The van der Waals surface area contributed by atoms with Crippen LogP contribution in [0.4, 0.5) is 14.9 Å². The molecule has 2 rings (SSSR count). The van der Waals surface area contributed by atoms with Crippen molar-refractivity contribution in [2.75, 3.05) is 44.6 Å². The number of likely N-dealkylation sites (N-methyl/N-ethyl adjacent to an activating group) is 1. The van der Waals surface area contributed by atoms with E-state index in [0.717, 1.165) is 39.1 Å². The van der Waals surface area contributed by atoms with Gasteiger partial charge in [0.05, 0.1) is 12.7 Å². The monoisotopic (exact) mass is 337 g/mol. The van der Waals surface area contributed by atoms with Crippen molar-refractivity contribution in [2.24, 2.45) is 0 Å². The summed E-state index contributed by atoms with van der Waals surface area (Å²) in [7, 11) is 0. The maximum Gasteiger partial charge on any atom is 0.321 e. The first kappa shape index (κ1) is 18.7. The zero-order valence-corrected chi connectivity index (χ0v) is 14.6. The summed E-state index contributed by atoms with van der Waals surface area (Å²) >= 11 is 0. The Kier molecular flexibility index (Phi) is 7.46. The zero-order chi connectivity index (χ0) is 17.4. The van der Waals surface area contributed by atoms with Gasteiger partial charge in [0.2, 0.25) is 0 Å². The second kappa shape index (κ2) is 9.59. The molecule has 0 aromatic heterocycles. The van der Waals surface area contributed by atoms with E-state index in [1.54, 1.807) is 17.0 Å². The number of urea groups is 1. The summed E-state index contributed by atoms with van der Waals surface area (Å²) in [5.41, 5.74) is 0.484. The fourth-order valence-corrected chi connectivity index (χ4v) is 2.88. The smallest absolute Gasteiger partial charge is 0.321 e. The molecule has 0 bridgehead atoms. The third-order valence-corrected chi connectivity index (χ3v) is 4.46. The molecule has 134 valence electrons. The Balaban J connectivity index is 1.69. The van der Waals surface area contributed by atoms with Gasteiger partial charge in [-0.05, 0) is 44.1 Å². The molecule has 0 spiro atoms. The Morgan fingerprint density at radius 1 is 1.33 bits per heavy atom. The van der Waals surface area contributed by atoms with Crippen LogP contribution in [-0.4, -0.2) is 61.3 Å². The number of carbonyl (C=O) groups is 1. The van der Waals surface area contributed by atoms with Crippen molar-refractivity contribution in [2.45, 2.75) is 32.8 Å². The summed E-state index contributed by atoms with van der Waals surface area (Å²) < 4.78 is 19.1. The average molecular weight is 337 g/mol. The molecule has 0 unspecified atom stereocenters. The minimum atomic E-state index is -0.354. The second-order valence-electron chi connectivity index (χ2n) is 6.02. The number of hydrogen-bond acceptors (Lipinski definition) is 3. The largest absolute Gasteiger partial charge is 0.377 e.